The molecule has 0 spiro atoms. The first kappa shape index (κ1) is 18.1. The van der Waals surface area contributed by atoms with Gasteiger partial charge in [0.1, 0.15) is 11.8 Å². The van der Waals surface area contributed by atoms with Gasteiger partial charge in [-0.15, -0.1) is 0 Å². The van der Waals surface area contributed by atoms with E-state index in [9.17, 15) is 0 Å². The van der Waals surface area contributed by atoms with Crippen molar-refractivity contribution in [2.45, 2.75) is 19.8 Å². The fourth-order valence-electron chi connectivity index (χ4n) is 4.88. The van der Waals surface area contributed by atoms with Gasteiger partial charge in [0.2, 0.25) is 0 Å². The molecule has 0 unspecified atom stereocenters. The van der Waals surface area contributed by atoms with Crippen LogP contribution in [0.25, 0.3) is 54.7 Å². The first-order valence-corrected chi connectivity index (χ1v) is 10.8. The monoisotopic (exact) mass is 401 g/mol. The summed E-state index contributed by atoms with van der Waals surface area (Å²) < 4.78 is 2.25. The van der Waals surface area contributed by atoms with Crippen molar-refractivity contribution >= 4 is 43.5 Å². The largest absolute Gasteiger partial charge is 0.340 e. The molecule has 3 heteroatoms. The molecule has 0 saturated heterocycles. The zero-order valence-corrected chi connectivity index (χ0v) is 17.9. The average molecular weight is 402 g/mol. The summed E-state index contributed by atoms with van der Waals surface area (Å²) in [5.74, 6) is 0.431. The molecule has 0 saturated carbocycles. The van der Waals surface area contributed by atoms with E-state index in [0.717, 1.165) is 22.3 Å². The van der Waals surface area contributed by atoms with Crippen LogP contribution in [0.3, 0.4) is 0 Å². The number of hydrogen-bond donors (Lipinski definition) is 0. The molecule has 0 aliphatic carbocycles. The van der Waals surface area contributed by atoms with Gasteiger partial charge >= 0.3 is 0 Å². The van der Waals surface area contributed by atoms with Crippen LogP contribution < -0.4 is 0 Å². The molecule has 0 fully saturated rings. The molecule has 0 radical (unpaired) electrons. The smallest absolute Gasteiger partial charge is 0.116 e. The Kier molecular flexibility index (Phi) is 3.87. The summed E-state index contributed by atoms with van der Waals surface area (Å²) in [4.78, 5) is 9.49. The van der Waals surface area contributed by atoms with Crippen LogP contribution in [0.1, 0.15) is 25.3 Å². The number of aryl methyl sites for hydroxylation is 1. The van der Waals surface area contributed by atoms with E-state index in [1.165, 1.54) is 38.0 Å². The number of hydrogen-bond acceptors (Lipinski definition) is 2. The van der Waals surface area contributed by atoms with Crippen LogP contribution in [0.5, 0.6) is 0 Å². The summed E-state index contributed by atoms with van der Waals surface area (Å²) in [5.41, 5.74) is 6.75. The maximum absolute atomic E-state index is 4.78. The topological polar surface area (TPSA) is 30.7 Å². The highest BCUT2D eigenvalue weighted by atomic mass is 15.0. The standard InChI is InChI=1S/C28H23N3/c1-17(2)23-14-21(12-20-10-6-7-11-22(20)23)26-28-27(30-16-29-26)24-13-18-8-4-5-9-19(18)15-25(24)31(28)3/h4-17H,1-3H3. The molecule has 3 nitrogen and oxygen atoms in total. The minimum Gasteiger partial charge on any atom is -0.340 e. The lowest BCUT2D eigenvalue weighted by Crippen LogP contribution is -1.96. The fourth-order valence-corrected chi connectivity index (χ4v) is 4.88. The van der Waals surface area contributed by atoms with Crippen molar-refractivity contribution in [2.75, 3.05) is 0 Å². The molecule has 6 aromatic rings. The molecule has 0 bridgehead atoms. The normalized spacial score (nSPS) is 12.0. The van der Waals surface area contributed by atoms with Crippen LogP contribution >= 0.6 is 0 Å². The van der Waals surface area contributed by atoms with Gasteiger partial charge in [0, 0.05) is 18.0 Å². The van der Waals surface area contributed by atoms with E-state index in [-0.39, 0.29) is 0 Å². The van der Waals surface area contributed by atoms with Crippen molar-refractivity contribution in [3.05, 3.63) is 84.7 Å². The predicted octanol–water partition coefficient (Wildman–Crippen LogP) is 7.22. The lowest BCUT2D eigenvalue weighted by molar-refractivity contribution is 0.876. The molecule has 31 heavy (non-hydrogen) atoms. The highest BCUT2D eigenvalue weighted by Crippen LogP contribution is 2.37. The second-order valence-electron chi connectivity index (χ2n) is 8.64. The molecular formula is C28H23N3. The first-order chi connectivity index (χ1) is 15.1. The van der Waals surface area contributed by atoms with E-state index < -0.39 is 0 Å². The summed E-state index contributed by atoms with van der Waals surface area (Å²) in [5, 5.41) is 6.21. The predicted molar refractivity (Wildman–Crippen MR) is 131 cm³/mol. The highest BCUT2D eigenvalue weighted by molar-refractivity contribution is 6.13. The van der Waals surface area contributed by atoms with E-state index in [0.29, 0.717) is 5.92 Å². The average Bonchev–Trinajstić information content (AvgIpc) is 3.08. The van der Waals surface area contributed by atoms with E-state index in [2.05, 4.69) is 98.3 Å². The Bertz CT molecular complexity index is 1620. The SMILES string of the molecule is CC(C)c1cc(-c2ncnc3c4cc5ccccc5cc4n(C)c23)cc2ccccc12. The van der Waals surface area contributed by atoms with Gasteiger partial charge in [-0.1, -0.05) is 62.4 Å². The zero-order valence-electron chi connectivity index (χ0n) is 17.9. The van der Waals surface area contributed by atoms with Crippen molar-refractivity contribution in [2.24, 2.45) is 7.05 Å². The summed E-state index contributed by atoms with van der Waals surface area (Å²) in [6.07, 6.45) is 1.70. The Morgan fingerprint density at radius 1 is 0.742 bits per heavy atom. The molecule has 0 aliphatic heterocycles. The number of aromatic nitrogens is 3. The van der Waals surface area contributed by atoms with E-state index in [4.69, 9.17) is 9.97 Å². The summed E-state index contributed by atoms with van der Waals surface area (Å²) in [6, 6.07) is 26.2. The van der Waals surface area contributed by atoms with Crippen molar-refractivity contribution < 1.29 is 0 Å². The van der Waals surface area contributed by atoms with Gasteiger partial charge in [0.05, 0.1) is 16.7 Å². The van der Waals surface area contributed by atoms with E-state index >= 15 is 0 Å². The van der Waals surface area contributed by atoms with Crippen LogP contribution in [-0.2, 0) is 7.05 Å². The van der Waals surface area contributed by atoms with Gasteiger partial charge in [-0.3, -0.25) is 0 Å². The van der Waals surface area contributed by atoms with Crippen LogP contribution in [0.4, 0.5) is 0 Å². The Morgan fingerprint density at radius 3 is 2.23 bits per heavy atom. The molecule has 6 rings (SSSR count). The third-order valence-corrected chi connectivity index (χ3v) is 6.43. The zero-order chi connectivity index (χ0) is 21.1. The number of benzene rings is 4. The molecule has 0 amide bonds. The minimum absolute atomic E-state index is 0.431. The maximum Gasteiger partial charge on any atom is 0.116 e. The highest BCUT2D eigenvalue weighted by Gasteiger charge is 2.18. The summed E-state index contributed by atoms with van der Waals surface area (Å²) in [7, 11) is 2.12. The van der Waals surface area contributed by atoms with Gasteiger partial charge in [-0.05, 0) is 57.3 Å². The second-order valence-corrected chi connectivity index (χ2v) is 8.64. The molecule has 4 aromatic carbocycles. The van der Waals surface area contributed by atoms with E-state index in [1.54, 1.807) is 6.33 Å². The van der Waals surface area contributed by atoms with Gasteiger partial charge < -0.3 is 4.57 Å². The molecule has 0 atom stereocenters. The van der Waals surface area contributed by atoms with Gasteiger partial charge in [-0.2, -0.15) is 0 Å². The number of fused-ring (bicyclic) bond motifs is 5. The molecular weight excluding hydrogens is 378 g/mol. The summed E-state index contributed by atoms with van der Waals surface area (Å²) >= 11 is 0. The second kappa shape index (κ2) is 6.64. The number of nitrogens with zero attached hydrogens (tertiary/aromatic N) is 3. The van der Waals surface area contributed by atoms with Crippen molar-refractivity contribution in [1.29, 1.82) is 0 Å². The Labute approximate surface area is 181 Å². The van der Waals surface area contributed by atoms with Crippen molar-refractivity contribution in [3.63, 3.8) is 0 Å². The Hall–Kier alpha value is -3.72. The lowest BCUT2D eigenvalue weighted by Gasteiger charge is -2.14. The number of rotatable bonds is 2. The van der Waals surface area contributed by atoms with Crippen LogP contribution in [0.15, 0.2) is 79.1 Å². The molecule has 150 valence electrons. The quantitative estimate of drug-likeness (QED) is 0.307. The van der Waals surface area contributed by atoms with Gasteiger partial charge in [-0.25, -0.2) is 9.97 Å². The van der Waals surface area contributed by atoms with Gasteiger partial charge in [0.15, 0.2) is 0 Å². The Balaban J connectivity index is 1.72. The maximum atomic E-state index is 4.78. The first-order valence-electron chi connectivity index (χ1n) is 10.8. The fraction of sp³-hybridized carbons (Fsp3) is 0.143. The van der Waals surface area contributed by atoms with Gasteiger partial charge in [0.25, 0.3) is 0 Å². The minimum atomic E-state index is 0.431. The Morgan fingerprint density at radius 2 is 1.45 bits per heavy atom. The molecule has 2 aromatic heterocycles. The third kappa shape index (κ3) is 2.66. The van der Waals surface area contributed by atoms with Crippen molar-refractivity contribution in [1.82, 2.24) is 14.5 Å². The van der Waals surface area contributed by atoms with Crippen LogP contribution in [-0.4, -0.2) is 14.5 Å². The molecule has 0 N–H and O–H groups in total. The molecule has 2 heterocycles. The van der Waals surface area contributed by atoms with Crippen molar-refractivity contribution in [3.8, 4) is 11.3 Å². The summed E-state index contributed by atoms with van der Waals surface area (Å²) in [6.45, 7) is 4.51. The van der Waals surface area contributed by atoms with E-state index in [1.807, 2.05) is 0 Å². The third-order valence-electron chi connectivity index (χ3n) is 6.43. The lowest BCUT2D eigenvalue weighted by atomic mass is 9.92. The molecule has 0 aliphatic rings. The van der Waals surface area contributed by atoms with Crippen LogP contribution in [0.2, 0.25) is 0 Å². The van der Waals surface area contributed by atoms with Crippen LogP contribution in [0, 0.1) is 0 Å².